The number of methoxy groups -OCH3 is 1. The summed E-state index contributed by atoms with van der Waals surface area (Å²) in [5.74, 6) is -0.389. The molecule has 3 rings (SSSR count). The van der Waals surface area contributed by atoms with Gasteiger partial charge in [0.2, 0.25) is 11.1 Å². The summed E-state index contributed by atoms with van der Waals surface area (Å²) < 4.78 is 6.38. The Morgan fingerprint density at radius 1 is 1.33 bits per heavy atom. The van der Waals surface area contributed by atoms with Gasteiger partial charge in [-0.1, -0.05) is 36.0 Å². The van der Waals surface area contributed by atoms with Gasteiger partial charge < -0.3 is 9.64 Å². The maximum absolute atomic E-state index is 12.7. The SMILES string of the molecule is COC(=O)[C@H]1Cc2ccccc2CN1C(=O)CSc1nnnn1C. The smallest absolute Gasteiger partial charge is 0.328 e. The minimum absolute atomic E-state index is 0.145. The standard InChI is InChI=1S/C15H17N5O3S/c1-19-15(16-17-18-19)24-9-13(21)20-8-11-6-4-3-5-10(11)7-12(20)14(22)23-2/h3-6,12H,7-9H2,1-2H3/t12-/m1/s1. The minimum Gasteiger partial charge on any atom is -0.467 e. The highest BCUT2D eigenvalue weighted by molar-refractivity contribution is 7.99. The van der Waals surface area contributed by atoms with Crippen LogP contribution in [0.1, 0.15) is 11.1 Å². The van der Waals surface area contributed by atoms with Crippen molar-refractivity contribution in [2.45, 2.75) is 24.2 Å². The maximum Gasteiger partial charge on any atom is 0.328 e. The van der Waals surface area contributed by atoms with Gasteiger partial charge in [-0.3, -0.25) is 4.79 Å². The fraction of sp³-hybridized carbons (Fsp3) is 0.400. The molecule has 1 amide bonds. The van der Waals surface area contributed by atoms with Crippen molar-refractivity contribution in [2.75, 3.05) is 12.9 Å². The van der Waals surface area contributed by atoms with Gasteiger partial charge in [0.15, 0.2) is 0 Å². The van der Waals surface area contributed by atoms with Crippen LogP contribution in [0.25, 0.3) is 0 Å². The summed E-state index contributed by atoms with van der Waals surface area (Å²) in [4.78, 5) is 26.4. The molecule has 126 valence electrons. The molecule has 0 saturated heterocycles. The van der Waals surface area contributed by atoms with Crippen molar-refractivity contribution in [1.82, 2.24) is 25.1 Å². The molecule has 0 fully saturated rings. The van der Waals surface area contributed by atoms with Crippen molar-refractivity contribution in [1.29, 1.82) is 0 Å². The Labute approximate surface area is 143 Å². The van der Waals surface area contributed by atoms with Crippen LogP contribution in [0.5, 0.6) is 0 Å². The van der Waals surface area contributed by atoms with Crippen molar-refractivity contribution < 1.29 is 14.3 Å². The molecule has 0 N–H and O–H groups in total. The van der Waals surface area contributed by atoms with Gasteiger partial charge in [-0.15, -0.1) is 5.10 Å². The molecule has 0 saturated carbocycles. The lowest BCUT2D eigenvalue weighted by molar-refractivity contribution is -0.153. The first-order chi connectivity index (χ1) is 11.6. The molecule has 1 atom stereocenters. The first-order valence-corrected chi connectivity index (χ1v) is 8.38. The molecule has 1 aliphatic rings. The van der Waals surface area contributed by atoms with Gasteiger partial charge in [-0.2, -0.15) is 0 Å². The normalized spacial score (nSPS) is 16.6. The number of aromatic nitrogens is 4. The molecule has 2 aromatic rings. The number of carbonyl (C=O) groups is 2. The Morgan fingerprint density at radius 2 is 2.08 bits per heavy atom. The third kappa shape index (κ3) is 3.25. The largest absolute Gasteiger partial charge is 0.467 e. The number of tetrazole rings is 1. The van der Waals surface area contributed by atoms with Gasteiger partial charge in [0.25, 0.3) is 0 Å². The molecule has 0 unspecified atom stereocenters. The second kappa shape index (κ2) is 7.00. The molecular weight excluding hydrogens is 330 g/mol. The summed E-state index contributed by atoms with van der Waals surface area (Å²) >= 11 is 1.24. The number of ether oxygens (including phenoxy) is 1. The highest BCUT2D eigenvalue weighted by Gasteiger charge is 2.35. The summed E-state index contributed by atoms with van der Waals surface area (Å²) in [6.45, 7) is 0.395. The lowest BCUT2D eigenvalue weighted by Crippen LogP contribution is -2.49. The number of nitrogens with zero attached hydrogens (tertiary/aromatic N) is 5. The maximum atomic E-state index is 12.7. The van der Waals surface area contributed by atoms with E-state index in [4.69, 9.17) is 4.74 Å². The number of carbonyl (C=O) groups excluding carboxylic acids is 2. The van der Waals surface area contributed by atoms with E-state index in [-0.39, 0.29) is 11.7 Å². The highest BCUT2D eigenvalue weighted by atomic mass is 32.2. The number of aryl methyl sites for hydroxylation is 1. The Morgan fingerprint density at radius 3 is 2.75 bits per heavy atom. The van der Waals surface area contributed by atoms with E-state index in [1.54, 1.807) is 11.9 Å². The average molecular weight is 347 g/mol. The zero-order valence-electron chi connectivity index (χ0n) is 13.4. The molecule has 1 aliphatic heterocycles. The van der Waals surface area contributed by atoms with Crippen LogP contribution in [0.4, 0.5) is 0 Å². The molecule has 0 aliphatic carbocycles. The van der Waals surface area contributed by atoms with Gasteiger partial charge in [0.1, 0.15) is 6.04 Å². The Bertz CT molecular complexity index is 763. The van der Waals surface area contributed by atoms with E-state index in [9.17, 15) is 9.59 Å². The van der Waals surface area contributed by atoms with Crippen molar-refractivity contribution in [3.8, 4) is 0 Å². The molecule has 0 radical (unpaired) electrons. The zero-order valence-corrected chi connectivity index (χ0v) is 14.2. The van der Waals surface area contributed by atoms with E-state index >= 15 is 0 Å². The van der Waals surface area contributed by atoms with Gasteiger partial charge in [0, 0.05) is 20.0 Å². The monoisotopic (exact) mass is 347 g/mol. The molecule has 9 heteroatoms. The van der Waals surface area contributed by atoms with Gasteiger partial charge in [0.05, 0.1) is 12.9 Å². The highest BCUT2D eigenvalue weighted by Crippen LogP contribution is 2.25. The quantitative estimate of drug-likeness (QED) is 0.585. The number of benzene rings is 1. The molecule has 1 aromatic carbocycles. The van der Waals surface area contributed by atoms with Gasteiger partial charge in [-0.05, 0) is 21.6 Å². The molecule has 8 nitrogen and oxygen atoms in total. The lowest BCUT2D eigenvalue weighted by atomic mass is 9.94. The number of fused-ring (bicyclic) bond motifs is 1. The minimum atomic E-state index is -0.601. The third-order valence-electron chi connectivity index (χ3n) is 3.95. The summed E-state index contributed by atoms with van der Waals surface area (Å²) in [5.41, 5.74) is 2.12. The molecule has 0 spiro atoms. The predicted octanol–water partition coefficient (Wildman–Crippen LogP) is 0.429. The molecule has 1 aromatic heterocycles. The summed E-state index contributed by atoms with van der Waals surface area (Å²) in [6.07, 6.45) is 0.463. The molecule has 0 bridgehead atoms. The summed E-state index contributed by atoms with van der Waals surface area (Å²) in [6, 6.07) is 7.22. The predicted molar refractivity (Wildman–Crippen MR) is 86.0 cm³/mol. The van der Waals surface area contributed by atoms with Crippen LogP contribution in [-0.4, -0.2) is 55.9 Å². The van der Waals surface area contributed by atoms with Crippen LogP contribution in [0.2, 0.25) is 0 Å². The van der Waals surface area contributed by atoms with E-state index in [1.165, 1.54) is 23.6 Å². The van der Waals surface area contributed by atoms with Gasteiger partial charge in [-0.25, -0.2) is 9.48 Å². The number of esters is 1. The summed E-state index contributed by atoms with van der Waals surface area (Å²) in [7, 11) is 3.05. The van der Waals surface area contributed by atoms with E-state index < -0.39 is 12.0 Å². The van der Waals surface area contributed by atoms with Crippen molar-refractivity contribution in [3.05, 3.63) is 35.4 Å². The first kappa shape index (κ1) is 16.4. The number of hydrogen-bond donors (Lipinski definition) is 0. The first-order valence-electron chi connectivity index (χ1n) is 7.39. The third-order valence-corrected chi connectivity index (χ3v) is 4.94. The second-order valence-corrected chi connectivity index (χ2v) is 6.35. The molecule has 2 heterocycles. The Balaban J connectivity index is 1.77. The molecule has 24 heavy (non-hydrogen) atoms. The molecular formula is C15H17N5O3S. The van der Waals surface area contributed by atoms with E-state index in [0.29, 0.717) is 18.1 Å². The number of hydrogen-bond acceptors (Lipinski definition) is 7. The van der Waals surface area contributed by atoms with Crippen molar-refractivity contribution in [2.24, 2.45) is 7.05 Å². The average Bonchev–Trinajstić information content (AvgIpc) is 3.02. The summed E-state index contributed by atoms with van der Waals surface area (Å²) in [5, 5.41) is 11.7. The Hall–Kier alpha value is -2.42. The van der Waals surface area contributed by atoms with Crippen LogP contribution in [-0.2, 0) is 34.3 Å². The van der Waals surface area contributed by atoms with E-state index in [1.807, 2.05) is 24.3 Å². The van der Waals surface area contributed by atoms with Crippen LogP contribution in [0.15, 0.2) is 29.4 Å². The topological polar surface area (TPSA) is 90.2 Å². The fourth-order valence-electron chi connectivity index (χ4n) is 2.68. The lowest BCUT2D eigenvalue weighted by Gasteiger charge is -2.35. The van der Waals surface area contributed by atoms with Crippen LogP contribution in [0, 0.1) is 0 Å². The number of amides is 1. The van der Waals surface area contributed by atoms with E-state index in [0.717, 1.165) is 11.1 Å². The Kier molecular flexibility index (Phi) is 4.79. The van der Waals surface area contributed by atoms with Gasteiger partial charge >= 0.3 is 5.97 Å². The second-order valence-electron chi connectivity index (χ2n) is 5.41. The van der Waals surface area contributed by atoms with Crippen LogP contribution < -0.4 is 0 Å². The van der Waals surface area contributed by atoms with E-state index in [2.05, 4.69) is 15.5 Å². The van der Waals surface area contributed by atoms with Crippen molar-refractivity contribution in [3.63, 3.8) is 0 Å². The van der Waals surface area contributed by atoms with Crippen molar-refractivity contribution >= 4 is 23.6 Å². The van der Waals surface area contributed by atoms with Crippen LogP contribution in [0.3, 0.4) is 0 Å². The zero-order chi connectivity index (χ0) is 17.1. The number of thioether (sulfide) groups is 1. The van der Waals surface area contributed by atoms with Crippen LogP contribution >= 0.6 is 11.8 Å². The fourth-order valence-corrected chi connectivity index (χ4v) is 3.42. The number of rotatable bonds is 4.